The summed E-state index contributed by atoms with van der Waals surface area (Å²) in [7, 11) is 1.56. The van der Waals surface area contributed by atoms with Crippen LogP contribution in [0.4, 0.5) is 4.39 Å². The second kappa shape index (κ2) is 7.01. The molecule has 0 saturated heterocycles. The van der Waals surface area contributed by atoms with Gasteiger partial charge in [-0.05, 0) is 43.7 Å². The van der Waals surface area contributed by atoms with Crippen LogP contribution in [0.15, 0.2) is 42.7 Å². The van der Waals surface area contributed by atoms with Gasteiger partial charge in [0.05, 0.1) is 7.11 Å². The molecule has 20 heavy (non-hydrogen) atoms. The molecule has 0 bridgehead atoms. The van der Waals surface area contributed by atoms with Crippen molar-refractivity contribution in [3.8, 4) is 5.75 Å². The van der Waals surface area contributed by atoms with E-state index in [1.807, 2.05) is 25.3 Å². The molecule has 1 aromatic heterocycles. The number of nitrogens with zero attached hydrogens (tertiary/aromatic N) is 1. The monoisotopic (exact) mass is 274 g/mol. The van der Waals surface area contributed by atoms with Crippen molar-refractivity contribution in [3.63, 3.8) is 0 Å². The summed E-state index contributed by atoms with van der Waals surface area (Å²) in [5.41, 5.74) is 1.73. The van der Waals surface area contributed by atoms with Crippen molar-refractivity contribution in [2.75, 3.05) is 13.7 Å². The summed E-state index contributed by atoms with van der Waals surface area (Å²) in [6.45, 7) is 2.69. The van der Waals surface area contributed by atoms with Crippen molar-refractivity contribution in [1.82, 2.24) is 10.3 Å². The lowest BCUT2D eigenvalue weighted by Crippen LogP contribution is -2.22. The SMILES string of the molecule is COc1cccc(F)c1C(C)NCCc1cccnc1. The van der Waals surface area contributed by atoms with Gasteiger partial charge in [-0.2, -0.15) is 0 Å². The van der Waals surface area contributed by atoms with Gasteiger partial charge in [-0.25, -0.2) is 4.39 Å². The minimum absolute atomic E-state index is 0.108. The molecule has 1 unspecified atom stereocenters. The summed E-state index contributed by atoms with van der Waals surface area (Å²) in [5.74, 6) is 0.331. The molecule has 0 saturated carbocycles. The molecule has 1 atom stereocenters. The highest BCUT2D eigenvalue weighted by Gasteiger charge is 2.15. The van der Waals surface area contributed by atoms with Gasteiger partial charge in [-0.15, -0.1) is 0 Å². The van der Waals surface area contributed by atoms with E-state index in [0.717, 1.165) is 18.5 Å². The van der Waals surface area contributed by atoms with E-state index >= 15 is 0 Å². The maximum Gasteiger partial charge on any atom is 0.131 e. The molecule has 1 N–H and O–H groups in total. The number of hydrogen-bond donors (Lipinski definition) is 1. The molecule has 0 spiro atoms. The van der Waals surface area contributed by atoms with Crippen LogP contribution in [0.3, 0.4) is 0 Å². The molecule has 0 aliphatic heterocycles. The average molecular weight is 274 g/mol. The fourth-order valence-corrected chi connectivity index (χ4v) is 2.20. The minimum atomic E-state index is -0.245. The van der Waals surface area contributed by atoms with Crippen molar-refractivity contribution < 1.29 is 9.13 Å². The quantitative estimate of drug-likeness (QED) is 0.878. The van der Waals surface area contributed by atoms with Gasteiger partial charge in [0.15, 0.2) is 0 Å². The normalized spacial score (nSPS) is 12.2. The van der Waals surface area contributed by atoms with Crippen LogP contribution in [0, 0.1) is 5.82 Å². The number of rotatable bonds is 6. The van der Waals surface area contributed by atoms with Crippen LogP contribution in [-0.2, 0) is 6.42 Å². The number of aromatic nitrogens is 1. The van der Waals surface area contributed by atoms with Crippen LogP contribution in [0.25, 0.3) is 0 Å². The van der Waals surface area contributed by atoms with Gasteiger partial charge in [0.2, 0.25) is 0 Å². The minimum Gasteiger partial charge on any atom is -0.496 e. The Balaban J connectivity index is 1.97. The zero-order valence-corrected chi connectivity index (χ0v) is 11.8. The van der Waals surface area contributed by atoms with Crippen molar-refractivity contribution in [2.24, 2.45) is 0 Å². The Morgan fingerprint density at radius 2 is 2.15 bits per heavy atom. The van der Waals surface area contributed by atoms with Crippen LogP contribution in [0.5, 0.6) is 5.75 Å². The molecule has 0 amide bonds. The lowest BCUT2D eigenvalue weighted by Gasteiger charge is -2.18. The first kappa shape index (κ1) is 14.5. The standard InChI is InChI=1S/C16H19FN2O/c1-12(16-14(17)6-3-7-15(16)20-2)19-10-8-13-5-4-9-18-11-13/h3-7,9,11-12,19H,8,10H2,1-2H3. The van der Waals surface area contributed by atoms with Gasteiger partial charge in [0, 0.05) is 24.0 Å². The molecule has 1 heterocycles. The highest BCUT2D eigenvalue weighted by Crippen LogP contribution is 2.27. The zero-order chi connectivity index (χ0) is 14.4. The molecule has 2 aromatic rings. The molecule has 2 rings (SSSR count). The Morgan fingerprint density at radius 1 is 1.30 bits per heavy atom. The predicted molar refractivity (Wildman–Crippen MR) is 77.3 cm³/mol. The van der Waals surface area contributed by atoms with Crippen LogP contribution in [-0.4, -0.2) is 18.6 Å². The Bertz CT molecular complexity index is 545. The maximum absolute atomic E-state index is 13.9. The Kier molecular flexibility index (Phi) is 5.07. The molecule has 1 aromatic carbocycles. The molecule has 0 fully saturated rings. The van der Waals surface area contributed by atoms with E-state index in [-0.39, 0.29) is 11.9 Å². The number of hydrogen-bond acceptors (Lipinski definition) is 3. The largest absolute Gasteiger partial charge is 0.496 e. The third kappa shape index (κ3) is 3.54. The number of pyridine rings is 1. The number of nitrogens with one attached hydrogen (secondary N) is 1. The van der Waals surface area contributed by atoms with Gasteiger partial charge in [-0.3, -0.25) is 4.98 Å². The maximum atomic E-state index is 13.9. The van der Waals surface area contributed by atoms with Crippen LogP contribution in [0.2, 0.25) is 0 Å². The molecule has 0 aliphatic rings. The first-order valence-corrected chi connectivity index (χ1v) is 6.67. The van der Waals surface area contributed by atoms with E-state index < -0.39 is 0 Å². The van der Waals surface area contributed by atoms with Crippen molar-refractivity contribution >= 4 is 0 Å². The summed E-state index contributed by atoms with van der Waals surface area (Å²) in [5, 5.41) is 3.32. The number of methoxy groups -OCH3 is 1. The van der Waals surface area contributed by atoms with Crippen molar-refractivity contribution in [3.05, 3.63) is 59.7 Å². The van der Waals surface area contributed by atoms with Gasteiger partial charge in [-0.1, -0.05) is 12.1 Å². The summed E-state index contributed by atoms with van der Waals surface area (Å²) in [6, 6.07) is 8.72. The number of benzene rings is 1. The number of halogens is 1. The second-order valence-corrected chi connectivity index (χ2v) is 4.64. The zero-order valence-electron chi connectivity index (χ0n) is 11.8. The van der Waals surface area contributed by atoms with E-state index in [9.17, 15) is 4.39 Å². The van der Waals surface area contributed by atoms with E-state index in [0.29, 0.717) is 11.3 Å². The second-order valence-electron chi connectivity index (χ2n) is 4.64. The Hall–Kier alpha value is -1.94. The average Bonchev–Trinajstić information content (AvgIpc) is 2.47. The highest BCUT2D eigenvalue weighted by molar-refractivity contribution is 5.36. The third-order valence-corrected chi connectivity index (χ3v) is 3.25. The van der Waals surface area contributed by atoms with Crippen LogP contribution >= 0.6 is 0 Å². The van der Waals surface area contributed by atoms with E-state index in [1.54, 1.807) is 25.4 Å². The van der Waals surface area contributed by atoms with Crippen LogP contribution < -0.4 is 10.1 Å². The molecule has 3 nitrogen and oxygen atoms in total. The van der Waals surface area contributed by atoms with E-state index in [1.165, 1.54) is 6.07 Å². The van der Waals surface area contributed by atoms with Gasteiger partial charge in [0.1, 0.15) is 11.6 Å². The first-order valence-electron chi connectivity index (χ1n) is 6.67. The van der Waals surface area contributed by atoms with Gasteiger partial charge >= 0.3 is 0 Å². The summed E-state index contributed by atoms with van der Waals surface area (Å²) < 4.78 is 19.1. The molecule has 106 valence electrons. The molecule has 0 radical (unpaired) electrons. The molecular formula is C16H19FN2O. The molecule has 0 aliphatic carbocycles. The predicted octanol–water partition coefficient (Wildman–Crippen LogP) is 3.12. The van der Waals surface area contributed by atoms with E-state index in [4.69, 9.17) is 4.74 Å². The lowest BCUT2D eigenvalue weighted by molar-refractivity contribution is 0.394. The third-order valence-electron chi connectivity index (χ3n) is 3.25. The van der Waals surface area contributed by atoms with Crippen molar-refractivity contribution in [1.29, 1.82) is 0 Å². The van der Waals surface area contributed by atoms with Gasteiger partial charge < -0.3 is 10.1 Å². The van der Waals surface area contributed by atoms with Crippen molar-refractivity contribution in [2.45, 2.75) is 19.4 Å². The Labute approximate surface area is 118 Å². The lowest BCUT2D eigenvalue weighted by atomic mass is 10.1. The fourth-order valence-electron chi connectivity index (χ4n) is 2.20. The number of ether oxygens (including phenoxy) is 1. The van der Waals surface area contributed by atoms with Gasteiger partial charge in [0.25, 0.3) is 0 Å². The first-order chi connectivity index (χ1) is 9.72. The van der Waals surface area contributed by atoms with E-state index in [2.05, 4.69) is 10.3 Å². The Morgan fingerprint density at radius 3 is 2.85 bits per heavy atom. The molecule has 4 heteroatoms. The summed E-state index contributed by atoms with van der Waals surface area (Å²) in [4.78, 5) is 4.07. The smallest absolute Gasteiger partial charge is 0.131 e. The molecular weight excluding hydrogens is 255 g/mol. The van der Waals surface area contributed by atoms with Crippen LogP contribution in [0.1, 0.15) is 24.1 Å². The summed E-state index contributed by atoms with van der Waals surface area (Å²) >= 11 is 0. The topological polar surface area (TPSA) is 34.1 Å². The highest BCUT2D eigenvalue weighted by atomic mass is 19.1. The fraction of sp³-hybridized carbons (Fsp3) is 0.312. The summed E-state index contributed by atoms with van der Waals surface area (Å²) in [6.07, 6.45) is 4.45.